The molecule has 0 aliphatic rings. The van der Waals surface area contributed by atoms with Crippen LogP contribution in [0.4, 0.5) is 0 Å². The van der Waals surface area contributed by atoms with Crippen LogP contribution in [-0.2, 0) is 4.74 Å². The first-order chi connectivity index (χ1) is 4.31. The van der Waals surface area contributed by atoms with Gasteiger partial charge in [-0.1, -0.05) is 6.92 Å². The van der Waals surface area contributed by atoms with Gasteiger partial charge in [0.05, 0.1) is 7.11 Å². The molecule has 0 atom stereocenters. The zero-order chi connectivity index (χ0) is 7.11. The summed E-state index contributed by atoms with van der Waals surface area (Å²) in [4.78, 5) is 0. The largest absolute Gasteiger partial charge is 0.503 e. The van der Waals surface area contributed by atoms with Crippen LogP contribution in [0.3, 0.4) is 0 Å². The van der Waals surface area contributed by atoms with Gasteiger partial charge in [-0.3, -0.25) is 0 Å². The minimum Gasteiger partial charge on any atom is -0.503 e. The maximum atomic E-state index is 4.78. The van der Waals surface area contributed by atoms with Crippen molar-refractivity contribution >= 4 is 0 Å². The fourth-order valence-corrected chi connectivity index (χ4v) is 0.541. The normalized spacial score (nSPS) is 11.2. The van der Waals surface area contributed by atoms with Crippen LogP contribution >= 0.6 is 0 Å². The van der Waals surface area contributed by atoms with E-state index in [0.29, 0.717) is 0 Å². The Hall–Kier alpha value is -0.660. The van der Waals surface area contributed by atoms with E-state index >= 15 is 0 Å². The van der Waals surface area contributed by atoms with E-state index < -0.39 is 0 Å². The zero-order valence-electron chi connectivity index (χ0n) is 6.40. The van der Waals surface area contributed by atoms with Crippen molar-refractivity contribution in [3.8, 4) is 0 Å². The topological polar surface area (TPSA) is 21.3 Å². The van der Waals surface area contributed by atoms with Gasteiger partial charge in [-0.05, 0) is 13.3 Å². The second kappa shape index (κ2) is 5.48. The second-order valence-corrected chi connectivity index (χ2v) is 1.96. The Morgan fingerprint density at radius 3 is 2.78 bits per heavy atom. The molecule has 0 amide bonds. The lowest BCUT2D eigenvalue weighted by atomic mass is 10.4. The molecule has 0 aromatic carbocycles. The smallest absolute Gasteiger partial charge is 0.101 e. The molecule has 0 radical (unpaired) electrons. The summed E-state index contributed by atoms with van der Waals surface area (Å²) in [5, 5.41) is 3.17. The summed E-state index contributed by atoms with van der Waals surface area (Å²) in [5.41, 5.74) is 1.08. The number of rotatable bonds is 4. The predicted molar refractivity (Wildman–Crippen MR) is 39.1 cm³/mol. The van der Waals surface area contributed by atoms with Crippen molar-refractivity contribution in [1.82, 2.24) is 5.32 Å². The standard InChI is InChI=1S/C7H15NO/c1-4-5-8-7(2)6-9-3/h6,8H,4-5H2,1-3H3/b7-6-. The zero-order valence-corrected chi connectivity index (χ0v) is 6.40. The van der Waals surface area contributed by atoms with E-state index in [0.717, 1.165) is 18.7 Å². The van der Waals surface area contributed by atoms with E-state index in [2.05, 4.69) is 12.2 Å². The molecule has 0 heterocycles. The molecule has 0 saturated carbocycles. The van der Waals surface area contributed by atoms with Crippen LogP contribution in [0, 0.1) is 0 Å². The third kappa shape index (κ3) is 5.21. The van der Waals surface area contributed by atoms with Gasteiger partial charge in [0.15, 0.2) is 0 Å². The predicted octanol–water partition coefficient (Wildman–Crippen LogP) is 1.49. The molecule has 54 valence electrons. The van der Waals surface area contributed by atoms with Crippen molar-refractivity contribution in [3.63, 3.8) is 0 Å². The molecule has 0 aromatic heterocycles. The van der Waals surface area contributed by atoms with Crippen molar-refractivity contribution in [2.45, 2.75) is 20.3 Å². The van der Waals surface area contributed by atoms with E-state index in [-0.39, 0.29) is 0 Å². The van der Waals surface area contributed by atoms with Gasteiger partial charge in [-0.25, -0.2) is 0 Å². The van der Waals surface area contributed by atoms with Gasteiger partial charge in [-0.2, -0.15) is 0 Å². The van der Waals surface area contributed by atoms with Crippen LogP contribution < -0.4 is 5.32 Å². The van der Waals surface area contributed by atoms with Gasteiger partial charge in [0.25, 0.3) is 0 Å². The van der Waals surface area contributed by atoms with E-state index in [1.165, 1.54) is 0 Å². The van der Waals surface area contributed by atoms with Crippen LogP contribution in [-0.4, -0.2) is 13.7 Å². The Morgan fingerprint density at radius 2 is 2.33 bits per heavy atom. The van der Waals surface area contributed by atoms with E-state index in [4.69, 9.17) is 4.74 Å². The lowest BCUT2D eigenvalue weighted by molar-refractivity contribution is 0.331. The number of ether oxygens (including phenoxy) is 1. The van der Waals surface area contributed by atoms with Gasteiger partial charge >= 0.3 is 0 Å². The summed E-state index contributed by atoms with van der Waals surface area (Å²) in [6.07, 6.45) is 2.85. The Bertz CT molecular complexity index is 88.9. The molecular formula is C7H15NO. The highest BCUT2D eigenvalue weighted by Gasteiger charge is 1.82. The van der Waals surface area contributed by atoms with Crippen LogP contribution in [0.2, 0.25) is 0 Å². The van der Waals surface area contributed by atoms with Crippen molar-refractivity contribution < 1.29 is 4.74 Å². The highest BCUT2D eigenvalue weighted by atomic mass is 16.5. The van der Waals surface area contributed by atoms with Gasteiger partial charge in [0.2, 0.25) is 0 Å². The summed E-state index contributed by atoms with van der Waals surface area (Å²) >= 11 is 0. The summed E-state index contributed by atoms with van der Waals surface area (Å²) in [6, 6.07) is 0. The van der Waals surface area contributed by atoms with Crippen molar-refractivity contribution in [1.29, 1.82) is 0 Å². The number of nitrogens with one attached hydrogen (secondary N) is 1. The first-order valence-corrected chi connectivity index (χ1v) is 3.24. The first kappa shape index (κ1) is 8.34. The third-order valence-electron chi connectivity index (χ3n) is 0.948. The molecule has 2 nitrogen and oxygen atoms in total. The molecule has 2 heteroatoms. The third-order valence-corrected chi connectivity index (χ3v) is 0.948. The molecule has 0 saturated heterocycles. The fourth-order valence-electron chi connectivity index (χ4n) is 0.541. The molecular weight excluding hydrogens is 114 g/mol. The highest BCUT2D eigenvalue weighted by molar-refractivity contribution is 4.88. The van der Waals surface area contributed by atoms with E-state index in [1.54, 1.807) is 13.4 Å². The first-order valence-electron chi connectivity index (χ1n) is 3.24. The van der Waals surface area contributed by atoms with Gasteiger partial charge in [-0.15, -0.1) is 0 Å². The lowest BCUT2D eigenvalue weighted by Gasteiger charge is -2.02. The Morgan fingerprint density at radius 1 is 1.67 bits per heavy atom. The minimum atomic E-state index is 1.02. The lowest BCUT2D eigenvalue weighted by Crippen LogP contribution is -2.11. The molecule has 0 aliphatic carbocycles. The van der Waals surface area contributed by atoms with Gasteiger partial charge < -0.3 is 10.1 Å². The average Bonchev–Trinajstić information content (AvgIpc) is 1.85. The van der Waals surface area contributed by atoms with Crippen LogP contribution in [0.1, 0.15) is 20.3 Å². The van der Waals surface area contributed by atoms with Crippen LogP contribution in [0.5, 0.6) is 0 Å². The molecule has 0 rings (SSSR count). The monoisotopic (exact) mass is 129 g/mol. The second-order valence-electron chi connectivity index (χ2n) is 1.96. The Balaban J connectivity index is 3.25. The quantitative estimate of drug-likeness (QED) is 0.581. The maximum absolute atomic E-state index is 4.78. The van der Waals surface area contributed by atoms with Gasteiger partial charge in [0, 0.05) is 12.2 Å². The fraction of sp³-hybridized carbons (Fsp3) is 0.714. The van der Waals surface area contributed by atoms with Crippen molar-refractivity contribution in [2.24, 2.45) is 0 Å². The molecule has 1 N–H and O–H groups in total. The summed E-state index contributed by atoms with van der Waals surface area (Å²) < 4.78 is 4.78. The number of hydrogen-bond acceptors (Lipinski definition) is 2. The molecule has 9 heavy (non-hydrogen) atoms. The summed E-state index contributed by atoms with van der Waals surface area (Å²) in [7, 11) is 1.65. The number of allylic oxidation sites excluding steroid dienone is 1. The molecule has 0 bridgehead atoms. The SMILES string of the molecule is CCCN/C(C)=C\OC. The van der Waals surface area contributed by atoms with Crippen LogP contribution in [0.25, 0.3) is 0 Å². The Labute approximate surface area is 56.9 Å². The average molecular weight is 129 g/mol. The minimum absolute atomic E-state index is 1.02. The summed E-state index contributed by atoms with van der Waals surface area (Å²) in [5.74, 6) is 0. The van der Waals surface area contributed by atoms with Gasteiger partial charge in [0.1, 0.15) is 6.26 Å². The van der Waals surface area contributed by atoms with Crippen molar-refractivity contribution in [2.75, 3.05) is 13.7 Å². The molecule has 0 spiro atoms. The van der Waals surface area contributed by atoms with Crippen LogP contribution in [0.15, 0.2) is 12.0 Å². The molecule has 0 fully saturated rings. The highest BCUT2D eigenvalue weighted by Crippen LogP contribution is 1.85. The number of hydrogen-bond donors (Lipinski definition) is 1. The number of methoxy groups -OCH3 is 1. The molecule has 0 aliphatic heterocycles. The van der Waals surface area contributed by atoms with E-state index in [9.17, 15) is 0 Å². The Kier molecular flexibility index (Phi) is 5.07. The maximum Gasteiger partial charge on any atom is 0.101 e. The van der Waals surface area contributed by atoms with E-state index in [1.807, 2.05) is 6.92 Å². The van der Waals surface area contributed by atoms with Crippen molar-refractivity contribution in [3.05, 3.63) is 12.0 Å². The molecule has 0 aromatic rings. The summed E-state index contributed by atoms with van der Waals surface area (Å²) in [6.45, 7) is 5.14. The molecule has 0 unspecified atom stereocenters.